The molecule has 0 aromatic carbocycles. The van der Waals surface area contributed by atoms with Crippen LogP contribution >= 0.6 is 0 Å². The van der Waals surface area contributed by atoms with Crippen LogP contribution in [0, 0.1) is 0 Å². The Labute approximate surface area is 47.2 Å². The summed E-state index contributed by atoms with van der Waals surface area (Å²) < 4.78 is 32.7. The van der Waals surface area contributed by atoms with E-state index in [0.29, 0.717) is 5.48 Å². The highest BCUT2D eigenvalue weighted by molar-refractivity contribution is 5.56. The molecule has 0 radical (unpaired) electrons. The first-order valence-corrected chi connectivity index (χ1v) is 1.65. The van der Waals surface area contributed by atoms with Crippen LogP contribution in [0.5, 0.6) is 0 Å². The van der Waals surface area contributed by atoms with Crippen molar-refractivity contribution in [3.63, 3.8) is 0 Å². The van der Waals surface area contributed by atoms with Crippen molar-refractivity contribution in [3.8, 4) is 0 Å². The third kappa shape index (κ3) is 7.02. The van der Waals surface area contributed by atoms with E-state index >= 15 is 0 Å². The number of halogens is 3. The van der Waals surface area contributed by atoms with E-state index in [1.54, 1.807) is 0 Å². The molecule has 0 unspecified atom stereocenters. The SMILES string of the molecule is O=C(O)ONC(F)(F)F. The molecule has 2 N–H and O–H groups in total. The maximum atomic E-state index is 10.9. The molecule has 4 nitrogen and oxygen atoms in total. The van der Waals surface area contributed by atoms with Crippen LogP contribution < -0.4 is 5.48 Å². The minimum absolute atomic E-state index is 0.322. The van der Waals surface area contributed by atoms with Crippen LogP contribution in [0.15, 0.2) is 0 Å². The lowest BCUT2D eigenvalue weighted by Crippen LogP contribution is -2.33. The van der Waals surface area contributed by atoms with Crippen molar-refractivity contribution in [1.29, 1.82) is 0 Å². The van der Waals surface area contributed by atoms with Gasteiger partial charge in [-0.3, -0.25) is 0 Å². The Balaban J connectivity index is 3.39. The highest BCUT2D eigenvalue weighted by Gasteiger charge is 2.29. The van der Waals surface area contributed by atoms with E-state index in [1.807, 2.05) is 0 Å². The summed E-state index contributed by atoms with van der Waals surface area (Å²) in [5, 5.41) is 7.49. The third-order valence-electron chi connectivity index (χ3n) is 0.254. The number of nitrogens with one attached hydrogen (secondary N) is 1. The van der Waals surface area contributed by atoms with Crippen LogP contribution in [0.2, 0.25) is 0 Å². The molecule has 0 spiro atoms. The summed E-state index contributed by atoms with van der Waals surface area (Å²) in [5.41, 5.74) is 0.322. The highest BCUT2D eigenvalue weighted by Crippen LogP contribution is 2.08. The number of carbonyl (C=O) groups is 1. The molecule has 0 bridgehead atoms. The van der Waals surface area contributed by atoms with Gasteiger partial charge in [0.15, 0.2) is 0 Å². The van der Waals surface area contributed by atoms with Crippen molar-refractivity contribution in [2.24, 2.45) is 0 Å². The predicted octanol–water partition coefficient (Wildman–Crippen LogP) is 0.705. The molecule has 0 saturated heterocycles. The number of hydroxylamine groups is 1. The lowest BCUT2D eigenvalue weighted by Gasteiger charge is -2.03. The van der Waals surface area contributed by atoms with Crippen molar-refractivity contribution >= 4 is 6.16 Å². The average molecular weight is 145 g/mol. The molecule has 0 aliphatic rings. The molecular formula is C2H2F3NO3. The lowest BCUT2D eigenvalue weighted by atomic mass is 11.2. The first-order chi connectivity index (χ1) is 3.92. The van der Waals surface area contributed by atoms with Gasteiger partial charge in [-0.05, 0) is 0 Å². The maximum absolute atomic E-state index is 10.9. The van der Waals surface area contributed by atoms with Crippen LogP contribution in [0.25, 0.3) is 0 Å². The zero-order valence-electron chi connectivity index (χ0n) is 3.90. The summed E-state index contributed by atoms with van der Waals surface area (Å²) in [4.78, 5) is 12.2. The topological polar surface area (TPSA) is 58.6 Å². The minimum atomic E-state index is -4.82. The second-order valence-electron chi connectivity index (χ2n) is 0.968. The van der Waals surface area contributed by atoms with E-state index < -0.39 is 12.5 Å². The van der Waals surface area contributed by atoms with Gasteiger partial charge in [0.25, 0.3) is 0 Å². The number of hydrogen-bond acceptors (Lipinski definition) is 3. The van der Waals surface area contributed by atoms with E-state index in [-0.39, 0.29) is 0 Å². The number of carboxylic acid groups (broad SMARTS) is 1. The molecule has 0 heterocycles. The molecule has 0 atom stereocenters. The van der Waals surface area contributed by atoms with Crippen molar-refractivity contribution < 1.29 is 27.9 Å². The fourth-order valence-corrected chi connectivity index (χ4v) is 0.102. The fraction of sp³-hybridized carbons (Fsp3) is 0.500. The van der Waals surface area contributed by atoms with Gasteiger partial charge in [-0.1, -0.05) is 5.48 Å². The molecule has 0 aromatic heterocycles. The number of alkyl halides is 3. The van der Waals surface area contributed by atoms with E-state index in [4.69, 9.17) is 5.11 Å². The van der Waals surface area contributed by atoms with Gasteiger partial charge in [0, 0.05) is 0 Å². The first kappa shape index (κ1) is 8.02. The largest absolute Gasteiger partial charge is 0.525 e. The van der Waals surface area contributed by atoms with Crippen molar-refractivity contribution in [2.75, 3.05) is 0 Å². The van der Waals surface area contributed by atoms with Gasteiger partial charge < -0.3 is 9.94 Å². The summed E-state index contributed by atoms with van der Waals surface area (Å²) >= 11 is 0. The van der Waals surface area contributed by atoms with Gasteiger partial charge in [0.05, 0.1) is 0 Å². The zero-order valence-corrected chi connectivity index (χ0v) is 3.90. The number of rotatable bonds is 1. The van der Waals surface area contributed by atoms with Gasteiger partial charge in [0.1, 0.15) is 0 Å². The van der Waals surface area contributed by atoms with Crippen LogP contribution in [-0.2, 0) is 4.84 Å². The van der Waals surface area contributed by atoms with Crippen molar-refractivity contribution in [1.82, 2.24) is 5.48 Å². The fourth-order valence-electron chi connectivity index (χ4n) is 0.102. The second kappa shape index (κ2) is 2.53. The van der Waals surface area contributed by atoms with Gasteiger partial charge in [-0.25, -0.2) is 4.79 Å². The Morgan fingerprint density at radius 3 is 2.11 bits per heavy atom. The Kier molecular flexibility index (Phi) is 2.26. The predicted molar refractivity (Wildman–Crippen MR) is 18.3 cm³/mol. The molecule has 0 saturated carbocycles. The van der Waals surface area contributed by atoms with Crippen LogP contribution in [0.3, 0.4) is 0 Å². The van der Waals surface area contributed by atoms with Crippen LogP contribution in [-0.4, -0.2) is 17.6 Å². The molecule has 0 fully saturated rings. The standard InChI is InChI=1S/C2H2F3NO3/c3-2(4,5)6-9-1(7)8/h6H,(H,7,8). The molecule has 0 rings (SSSR count). The smallest absolute Gasteiger partial charge is 0.448 e. The molecule has 0 aliphatic carbocycles. The monoisotopic (exact) mass is 145 g/mol. The molecule has 0 aliphatic heterocycles. The Morgan fingerprint density at radius 1 is 1.56 bits per heavy atom. The van der Waals surface area contributed by atoms with Gasteiger partial charge in [0.2, 0.25) is 0 Å². The minimum Gasteiger partial charge on any atom is -0.448 e. The zero-order chi connectivity index (χ0) is 7.49. The van der Waals surface area contributed by atoms with Crippen molar-refractivity contribution in [3.05, 3.63) is 0 Å². The van der Waals surface area contributed by atoms with Crippen LogP contribution in [0.1, 0.15) is 0 Å². The van der Waals surface area contributed by atoms with E-state index in [1.165, 1.54) is 0 Å². The normalized spacial score (nSPS) is 11.0. The van der Waals surface area contributed by atoms with Crippen molar-refractivity contribution in [2.45, 2.75) is 6.30 Å². The molecular weight excluding hydrogens is 143 g/mol. The quantitative estimate of drug-likeness (QED) is 0.421. The molecule has 9 heavy (non-hydrogen) atoms. The van der Waals surface area contributed by atoms with Gasteiger partial charge in [-0.15, -0.1) is 0 Å². The summed E-state index contributed by atoms with van der Waals surface area (Å²) in [6.45, 7) is 0. The molecule has 7 heteroatoms. The van der Waals surface area contributed by atoms with Gasteiger partial charge in [-0.2, -0.15) is 13.2 Å². The molecule has 54 valence electrons. The summed E-state index contributed by atoms with van der Waals surface area (Å²) in [6.07, 6.45) is -6.86. The summed E-state index contributed by atoms with van der Waals surface area (Å²) in [5.74, 6) is 0. The maximum Gasteiger partial charge on any atom is 0.525 e. The van der Waals surface area contributed by atoms with E-state index in [0.717, 1.165) is 0 Å². The Morgan fingerprint density at radius 2 is 2.00 bits per heavy atom. The lowest BCUT2D eigenvalue weighted by molar-refractivity contribution is -0.224. The van der Waals surface area contributed by atoms with Crippen LogP contribution in [0.4, 0.5) is 18.0 Å². The second-order valence-corrected chi connectivity index (χ2v) is 0.968. The Bertz CT molecular complexity index is 110. The molecule has 0 aromatic rings. The molecule has 0 amide bonds. The third-order valence-corrected chi connectivity index (χ3v) is 0.254. The van der Waals surface area contributed by atoms with E-state index in [2.05, 4.69) is 4.84 Å². The van der Waals surface area contributed by atoms with Gasteiger partial charge >= 0.3 is 12.5 Å². The Hall–Kier alpha value is -0.980. The average Bonchev–Trinajstić information content (AvgIpc) is 1.59. The summed E-state index contributed by atoms with van der Waals surface area (Å²) in [6, 6.07) is 0. The van der Waals surface area contributed by atoms with E-state index in [9.17, 15) is 18.0 Å². The summed E-state index contributed by atoms with van der Waals surface area (Å²) in [7, 11) is 0. The first-order valence-electron chi connectivity index (χ1n) is 1.65. The highest BCUT2D eigenvalue weighted by atomic mass is 19.4. The number of hydrogen-bond donors (Lipinski definition) is 2.